The van der Waals surface area contributed by atoms with Crippen molar-refractivity contribution in [3.8, 4) is 5.69 Å². The van der Waals surface area contributed by atoms with E-state index in [1.807, 2.05) is 12.1 Å². The first-order valence-electron chi connectivity index (χ1n) is 8.88. The number of benzene rings is 2. The van der Waals surface area contributed by atoms with Crippen LogP contribution in [0, 0.1) is 13.8 Å². The predicted octanol–water partition coefficient (Wildman–Crippen LogP) is 3.31. The summed E-state index contributed by atoms with van der Waals surface area (Å²) < 4.78 is 3.31. The Morgan fingerprint density at radius 1 is 0.962 bits per heavy atom. The molecule has 2 aromatic heterocycles. The summed E-state index contributed by atoms with van der Waals surface area (Å²) >= 11 is 1.79. The Hall–Kier alpha value is -2.50. The number of thiazole rings is 1. The molecule has 0 bridgehead atoms. The summed E-state index contributed by atoms with van der Waals surface area (Å²) in [5.74, 6) is 0. The van der Waals surface area contributed by atoms with Crippen molar-refractivity contribution >= 4 is 21.6 Å². The SMILES string of the molecule is Cc1nn(-c2ccccc2)c(C)c1C[NH+](C)Cc1nc2ccccc2s1. The standard InChI is InChI=1S/C21H22N4S/c1-15-18(16(2)25(23-15)17-9-5-4-6-10-17)13-24(3)14-21-22-19-11-7-8-12-20(19)26-21/h4-12H,13-14H2,1-3H3/p+1. The number of aromatic nitrogens is 3. The van der Waals surface area contributed by atoms with Gasteiger partial charge in [-0.25, -0.2) is 9.67 Å². The van der Waals surface area contributed by atoms with Crippen LogP contribution in [0.1, 0.15) is 22.0 Å². The topological polar surface area (TPSA) is 35.2 Å². The Labute approximate surface area is 157 Å². The fourth-order valence-corrected chi connectivity index (χ4v) is 4.45. The lowest BCUT2D eigenvalue weighted by Crippen LogP contribution is -3.06. The number of hydrogen-bond donors (Lipinski definition) is 1. The van der Waals surface area contributed by atoms with Crippen molar-refractivity contribution in [3.63, 3.8) is 0 Å². The van der Waals surface area contributed by atoms with E-state index in [0.717, 1.165) is 30.0 Å². The summed E-state index contributed by atoms with van der Waals surface area (Å²) in [4.78, 5) is 6.19. The zero-order valence-electron chi connectivity index (χ0n) is 15.4. The molecule has 2 aromatic carbocycles. The van der Waals surface area contributed by atoms with E-state index in [1.54, 1.807) is 11.3 Å². The molecule has 0 aliphatic heterocycles. The molecular weight excluding hydrogens is 340 g/mol. The van der Waals surface area contributed by atoms with Crippen LogP contribution in [0.5, 0.6) is 0 Å². The van der Waals surface area contributed by atoms with Crippen LogP contribution in [-0.4, -0.2) is 21.8 Å². The molecule has 1 atom stereocenters. The van der Waals surface area contributed by atoms with Gasteiger partial charge in [0.15, 0.2) is 0 Å². The highest BCUT2D eigenvalue weighted by Crippen LogP contribution is 2.21. The molecule has 0 aliphatic rings. The molecule has 1 unspecified atom stereocenters. The Kier molecular flexibility index (Phi) is 4.57. The van der Waals surface area contributed by atoms with Crippen LogP contribution in [0.2, 0.25) is 0 Å². The first-order valence-corrected chi connectivity index (χ1v) is 9.70. The second-order valence-electron chi connectivity index (χ2n) is 6.78. The van der Waals surface area contributed by atoms with E-state index >= 15 is 0 Å². The maximum atomic E-state index is 4.77. The number of para-hydroxylation sites is 2. The first kappa shape index (κ1) is 16.9. The summed E-state index contributed by atoms with van der Waals surface area (Å²) in [6, 6.07) is 18.7. The van der Waals surface area contributed by atoms with E-state index in [-0.39, 0.29) is 0 Å². The highest BCUT2D eigenvalue weighted by atomic mass is 32.1. The van der Waals surface area contributed by atoms with E-state index < -0.39 is 0 Å². The number of rotatable bonds is 5. The largest absolute Gasteiger partial charge is 0.328 e. The summed E-state index contributed by atoms with van der Waals surface area (Å²) in [7, 11) is 2.23. The van der Waals surface area contributed by atoms with Crippen LogP contribution < -0.4 is 4.90 Å². The van der Waals surface area contributed by atoms with Gasteiger partial charge in [-0.1, -0.05) is 30.3 Å². The van der Waals surface area contributed by atoms with Gasteiger partial charge in [-0.3, -0.25) is 0 Å². The minimum Gasteiger partial charge on any atom is -0.328 e. The third-order valence-electron chi connectivity index (χ3n) is 4.71. The van der Waals surface area contributed by atoms with Crippen LogP contribution in [0.25, 0.3) is 15.9 Å². The van der Waals surface area contributed by atoms with Gasteiger partial charge in [-0.05, 0) is 38.1 Å². The molecule has 132 valence electrons. The van der Waals surface area contributed by atoms with Crippen LogP contribution in [0.4, 0.5) is 0 Å². The molecule has 1 N–H and O–H groups in total. The zero-order valence-corrected chi connectivity index (χ0v) is 16.2. The van der Waals surface area contributed by atoms with Gasteiger partial charge in [0, 0.05) is 0 Å². The molecule has 0 aliphatic carbocycles. The maximum absolute atomic E-state index is 4.77. The van der Waals surface area contributed by atoms with Crippen LogP contribution in [0.3, 0.4) is 0 Å². The average molecular weight is 364 g/mol. The van der Waals surface area contributed by atoms with Crippen LogP contribution >= 0.6 is 11.3 Å². The highest BCUT2D eigenvalue weighted by molar-refractivity contribution is 7.18. The van der Waals surface area contributed by atoms with Gasteiger partial charge >= 0.3 is 0 Å². The van der Waals surface area contributed by atoms with E-state index in [1.165, 1.54) is 25.9 Å². The number of aryl methyl sites for hydroxylation is 1. The number of quaternary nitrogens is 1. The lowest BCUT2D eigenvalue weighted by molar-refractivity contribution is -0.907. The fraction of sp³-hybridized carbons (Fsp3) is 0.238. The molecule has 4 aromatic rings. The van der Waals surface area contributed by atoms with Gasteiger partial charge in [0.2, 0.25) is 0 Å². The van der Waals surface area contributed by atoms with Gasteiger partial charge in [0.05, 0.1) is 39.9 Å². The Morgan fingerprint density at radius 2 is 1.69 bits per heavy atom. The van der Waals surface area contributed by atoms with Gasteiger partial charge < -0.3 is 4.90 Å². The van der Waals surface area contributed by atoms with Crippen molar-refractivity contribution in [2.45, 2.75) is 26.9 Å². The van der Waals surface area contributed by atoms with E-state index in [9.17, 15) is 0 Å². The van der Waals surface area contributed by atoms with Crippen LogP contribution in [-0.2, 0) is 13.1 Å². The van der Waals surface area contributed by atoms with Crippen molar-refractivity contribution in [2.24, 2.45) is 0 Å². The molecule has 4 nitrogen and oxygen atoms in total. The predicted molar refractivity (Wildman–Crippen MR) is 107 cm³/mol. The molecular formula is C21H23N4S+. The third-order valence-corrected chi connectivity index (χ3v) is 5.75. The van der Waals surface area contributed by atoms with Crippen molar-refractivity contribution in [1.82, 2.24) is 14.8 Å². The van der Waals surface area contributed by atoms with Crippen molar-refractivity contribution < 1.29 is 4.90 Å². The molecule has 0 fully saturated rings. The quantitative estimate of drug-likeness (QED) is 0.590. The van der Waals surface area contributed by atoms with Gasteiger partial charge in [0.1, 0.15) is 18.1 Å². The third kappa shape index (κ3) is 3.28. The molecule has 5 heteroatoms. The lowest BCUT2D eigenvalue weighted by atomic mass is 10.2. The smallest absolute Gasteiger partial charge is 0.148 e. The van der Waals surface area contributed by atoms with Crippen molar-refractivity contribution in [1.29, 1.82) is 0 Å². The normalized spacial score (nSPS) is 12.6. The summed E-state index contributed by atoms with van der Waals surface area (Å²) in [6.45, 7) is 6.13. The Balaban J connectivity index is 1.54. The zero-order chi connectivity index (χ0) is 18.1. The Bertz CT molecular complexity index is 1000. The first-order chi connectivity index (χ1) is 12.6. The van der Waals surface area contributed by atoms with Crippen molar-refractivity contribution in [3.05, 3.63) is 76.6 Å². The van der Waals surface area contributed by atoms with E-state index in [4.69, 9.17) is 10.1 Å². The fourth-order valence-electron chi connectivity index (χ4n) is 3.37. The number of nitrogens with one attached hydrogen (secondary N) is 1. The van der Waals surface area contributed by atoms with E-state index in [0.29, 0.717) is 0 Å². The number of hydrogen-bond acceptors (Lipinski definition) is 3. The summed E-state index contributed by atoms with van der Waals surface area (Å²) in [6.07, 6.45) is 0. The number of fused-ring (bicyclic) bond motifs is 1. The second kappa shape index (κ2) is 7.02. The minimum absolute atomic E-state index is 0.925. The number of nitrogens with zero attached hydrogens (tertiary/aromatic N) is 3. The van der Waals surface area contributed by atoms with Gasteiger partial charge in [0.25, 0.3) is 0 Å². The molecule has 0 saturated carbocycles. The molecule has 2 heterocycles. The molecule has 0 spiro atoms. The minimum atomic E-state index is 0.925. The maximum Gasteiger partial charge on any atom is 0.148 e. The summed E-state index contributed by atoms with van der Waals surface area (Å²) in [5.41, 5.74) is 5.87. The second-order valence-corrected chi connectivity index (χ2v) is 7.90. The van der Waals surface area contributed by atoms with E-state index in [2.05, 4.69) is 68.0 Å². The lowest BCUT2D eigenvalue weighted by Gasteiger charge is -2.13. The molecule has 0 saturated heterocycles. The summed E-state index contributed by atoms with van der Waals surface area (Å²) in [5, 5.41) is 5.95. The molecule has 26 heavy (non-hydrogen) atoms. The molecule has 0 radical (unpaired) electrons. The van der Waals surface area contributed by atoms with Gasteiger partial charge in [-0.2, -0.15) is 5.10 Å². The highest BCUT2D eigenvalue weighted by Gasteiger charge is 2.17. The van der Waals surface area contributed by atoms with Gasteiger partial charge in [-0.15, -0.1) is 11.3 Å². The van der Waals surface area contributed by atoms with Crippen LogP contribution in [0.15, 0.2) is 54.6 Å². The molecule has 0 amide bonds. The average Bonchev–Trinajstić information content (AvgIpc) is 3.17. The molecule has 4 rings (SSSR count). The van der Waals surface area contributed by atoms with Crippen molar-refractivity contribution in [2.75, 3.05) is 7.05 Å². The monoisotopic (exact) mass is 363 g/mol. The Morgan fingerprint density at radius 3 is 2.46 bits per heavy atom.